The zero-order valence-electron chi connectivity index (χ0n) is 17.7. The van der Waals surface area contributed by atoms with E-state index < -0.39 is 43.3 Å². The van der Waals surface area contributed by atoms with Crippen LogP contribution in [0.4, 0.5) is 24.7 Å². The molecule has 2 aromatic rings. The average Bonchev–Trinajstić information content (AvgIpc) is 3.28. The second-order valence-electron chi connectivity index (χ2n) is 8.62. The summed E-state index contributed by atoms with van der Waals surface area (Å²) in [6.45, 7) is 1.43. The maximum atomic E-state index is 15.2. The van der Waals surface area contributed by atoms with Crippen molar-refractivity contribution in [3.8, 4) is 0 Å². The number of hydrogen-bond donors (Lipinski definition) is 1. The fourth-order valence-electron chi connectivity index (χ4n) is 5.04. The predicted octanol–water partition coefficient (Wildman–Crippen LogP) is 4.12. The van der Waals surface area contributed by atoms with Gasteiger partial charge in [0.25, 0.3) is 10.0 Å². The van der Waals surface area contributed by atoms with E-state index in [1.807, 2.05) is 23.7 Å². The van der Waals surface area contributed by atoms with Crippen molar-refractivity contribution in [2.75, 3.05) is 36.8 Å². The lowest BCUT2D eigenvalue weighted by molar-refractivity contribution is 0.283. The van der Waals surface area contributed by atoms with E-state index in [2.05, 4.69) is 9.88 Å². The fourth-order valence-corrected chi connectivity index (χ4v) is 6.50. The van der Waals surface area contributed by atoms with Crippen molar-refractivity contribution in [3.05, 3.63) is 46.9 Å². The molecule has 32 heavy (non-hydrogen) atoms. The molecule has 0 radical (unpaired) electrons. The summed E-state index contributed by atoms with van der Waals surface area (Å²) in [7, 11) is -0.767. The summed E-state index contributed by atoms with van der Waals surface area (Å²) in [5.74, 6) is -3.27. The largest absolute Gasteiger partial charge is 0.367 e. The second kappa shape index (κ2) is 8.72. The Labute approximate surface area is 190 Å². The molecule has 3 atom stereocenters. The van der Waals surface area contributed by atoms with Crippen LogP contribution < -0.4 is 9.62 Å². The molecule has 0 bridgehead atoms. The van der Waals surface area contributed by atoms with E-state index in [0.29, 0.717) is 18.4 Å². The number of benzene rings is 1. The number of nitrogens with one attached hydrogen (secondary N) is 1. The molecule has 174 valence electrons. The number of sulfonamides is 1. The molecule has 1 aromatic carbocycles. The van der Waals surface area contributed by atoms with Gasteiger partial charge in [-0.05, 0) is 50.9 Å². The van der Waals surface area contributed by atoms with Gasteiger partial charge in [0.2, 0.25) is 5.95 Å². The molecule has 4 rings (SSSR count). The van der Waals surface area contributed by atoms with Gasteiger partial charge >= 0.3 is 0 Å². The van der Waals surface area contributed by atoms with Crippen molar-refractivity contribution in [2.24, 2.45) is 11.8 Å². The Morgan fingerprint density at radius 2 is 2.00 bits per heavy atom. The zero-order valence-corrected chi connectivity index (χ0v) is 19.2. The number of halogens is 4. The molecule has 2 heterocycles. The molecule has 1 aliphatic carbocycles. The second-order valence-corrected chi connectivity index (χ2v) is 10.6. The normalized spacial score (nSPS) is 23.1. The van der Waals surface area contributed by atoms with Crippen LogP contribution in [0.1, 0.15) is 19.3 Å². The standard InChI is InChI=1S/C21H24ClF3N4O2S/c1-28(2)10-12-11-29(15-6-3-5-13(12)15)16-9-14(23)21(20(25)19(16)22)32(30,31)27-18-8-4-7-17(24)26-18/h4,7-9,12-13,15H,3,5-6,10-11H2,1-2H3,(H,26,27). The molecule has 1 saturated carbocycles. The van der Waals surface area contributed by atoms with Crippen LogP contribution in [0.15, 0.2) is 29.2 Å². The molecule has 0 spiro atoms. The molecule has 11 heteroatoms. The minimum atomic E-state index is -4.74. The van der Waals surface area contributed by atoms with Crippen LogP contribution in [-0.2, 0) is 10.0 Å². The SMILES string of the molecule is CN(C)CC1CN(c2cc(F)c(S(=O)(=O)Nc3cccc(F)n3)c(F)c2Cl)C2CCCC12. The van der Waals surface area contributed by atoms with E-state index in [1.54, 1.807) is 0 Å². The van der Waals surface area contributed by atoms with Crippen LogP contribution in [0.2, 0.25) is 5.02 Å². The molecular formula is C21H24ClF3N4O2S. The Morgan fingerprint density at radius 1 is 1.25 bits per heavy atom. The first-order valence-electron chi connectivity index (χ1n) is 10.3. The van der Waals surface area contributed by atoms with E-state index in [1.165, 1.54) is 12.1 Å². The molecule has 0 amide bonds. The quantitative estimate of drug-likeness (QED) is 0.489. The Bertz CT molecular complexity index is 1130. The van der Waals surface area contributed by atoms with Gasteiger partial charge in [0.15, 0.2) is 10.7 Å². The van der Waals surface area contributed by atoms with E-state index >= 15 is 8.78 Å². The number of rotatable bonds is 6. The van der Waals surface area contributed by atoms with Crippen molar-refractivity contribution < 1.29 is 21.6 Å². The molecule has 1 saturated heterocycles. The first kappa shape index (κ1) is 23.1. The van der Waals surface area contributed by atoms with Gasteiger partial charge in [-0.2, -0.15) is 4.39 Å². The molecule has 3 unspecified atom stereocenters. The molecule has 2 fully saturated rings. The van der Waals surface area contributed by atoms with Crippen LogP contribution in [-0.4, -0.2) is 51.5 Å². The maximum Gasteiger partial charge on any atom is 0.268 e. The highest BCUT2D eigenvalue weighted by atomic mass is 35.5. The summed E-state index contributed by atoms with van der Waals surface area (Å²) in [6, 6.07) is 4.49. The van der Waals surface area contributed by atoms with Crippen LogP contribution in [0, 0.1) is 29.4 Å². The first-order chi connectivity index (χ1) is 15.1. The lowest BCUT2D eigenvalue weighted by Gasteiger charge is -2.27. The van der Waals surface area contributed by atoms with Crippen LogP contribution in [0.3, 0.4) is 0 Å². The average molecular weight is 489 g/mol. The topological polar surface area (TPSA) is 65.5 Å². The number of fused-ring (bicyclic) bond motifs is 1. The predicted molar refractivity (Wildman–Crippen MR) is 117 cm³/mol. The summed E-state index contributed by atoms with van der Waals surface area (Å²) >= 11 is 6.27. The molecular weight excluding hydrogens is 465 g/mol. The van der Waals surface area contributed by atoms with Gasteiger partial charge in [-0.3, -0.25) is 4.72 Å². The molecule has 1 N–H and O–H groups in total. The minimum absolute atomic E-state index is 0.105. The Hall–Kier alpha value is -2.04. The first-order valence-corrected chi connectivity index (χ1v) is 12.2. The molecule has 1 aliphatic heterocycles. The van der Waals surface area contributed by atoms with E-state index in [-0.39, 0.29) is 11.7 Å². The van der Waals surface area contributed by atoms with E-state index in [4.69, 9.17) is 11.6 Å². The monoisotopic (exact) mass is 488 g/mol. The number of pyridine rings is 1. The fraction of sp³-hybridized carbons (Fsp3) is 0.476. The van der Waals surface area contributed by atoms with Crippen molar-refractivity contribution in [1.82, 2.24) is 9.88 Å². The summed E-state index contributed by atoms with van der Waals surface area (Å²) < 4.78 is 70.7. The smallest absolute Gasteiger partial charge is 0.268 e. The van der Waals surface area contributed by atoms with Gasteiger partial charge in [0.1, 0.15) is 16.7 Å². The number of aromatic nitrogens is 1. The third-order valence-corrected chi connectivity index (χ3v) is 7.95. The number of anilines is 2. The van der Waals surface area contributed by atoms with E-state index in [0.717, 1.165) is 37.9 Å². The lowest BCUT2D eigenvalue weighted by Crippen LogP contribution is -2.31. The van der Waals surface area contributed by atoms with Crippen molar-refractivity contribution in [1.29, 1.82) is 0 Å². The number of nitrogens with zero attached hydrogens (tertiary/aromatic N) is 3. The zero-order chi connectivity index (χ0) is 23.2. The van der Waals surface area contributed by atoms with Gasteiger partial charge in [0, 0.05) is 25.2 Å². The van der Waals surface area contributed by atoms with Gasteiger partial charge in [0.05, 0.1) is 5.69 Å². The lowest BCUT2D eigenvalue weighted by atomic mass is 9.92. The Kier molecular flexibility index (Phi) is 6.30. The van der Waals surface area contributed by atoms with Crippen LogP contribution in [0.5, 0.6) is 0 Å². The van der Waals surface area contributed by atoms with Gasteiger partial charge in [-0.15, -0.1) is 0 Å². The van der Waals surface area contributed by atoms with Gasteiger partial charge in [-0.1, -0.05) is 24.1 Å². The van der Waals surface area contributed by atoms with Crippen LogP contribution >= 0.6 is 11.6 Å². The minimum Gasteiger partial charge on any atom is -0.367 e. The highest BCUT2D eigenvalue weighted by molar-refractivity contribution is 7.92. The van der Waals surface area contributed by atoms with Crippen molar-refractivity contribution >= 4 is 33.1 Å². The summed E-state index contributed by atoms with van der Waals surface area (Å²) in [6.07, 6.45) is 2.95. The maximum absolute atomic E-state index is 15.2. The highest BCUT2D eigenvalue weighted by Crippen LogP contribution is 2.46. The number of hydrogen-bond acceptors (Lipinski definition) is 5. The highest BCUT2D eigenvalue weighted by Gasteiger charge is 2.45. The third-order valence-electron chi connectivity index (χ3n) is 6.20. The van der Waals surface area contributed by atoms with Crippen LogP contribution in [0.25, 0.3) is 0 Å². The Balaban J connectivity index is 1.69. The summed E-state index contributed by atoms with van der Waals surface area (Å²) in [5, 5.41) is -0.449. The Morgan fingerprint density at radius 3 is 2.69 bits per heavy atom. The van der Waals surface area contributed by atoms with Gasteiger partial charge < -0.3 is 9.80 Å². The van der Waals surface area contributed by atoms with Gasteiger partial charge in [-0.25, -0.2) is 22.2 Å². The summed E-state index contributed by atoms with van der Waals surface area (Å²) in [4.78, 5) is 6.16. The van der Waals surface area contributed by atoms with E-state index in [9.17, 15) is 12.8 Å². The molecule has 6 nitrogen and oxygen atoms in total. The van der Waals surface area contributed by atoms with Crippen molar-refractivity contribution in [3.63, 3.8) is 0 Å². The molecule has 2 aliphatic rings. The third kappa shape index (κ3) is 4.27. The molecule has 1 aromatic heterocycles. The van der Waals surface area contributed by atoms with Crippen molar-refractivity contribution in [2.45, 2.75) is 30.2 Å². The summed E-state index contributed by atoms with van der Waals surface area (Å²) in [5.41, 5.74) is 0.155.